The van der Waals surface area contributed by atoms with Crippen LogP contribution >= 0.6 is 0 Å². The number of carbonyl (C=O) groups excluding carboxylic acids is 1. The van der Waals surface area contributed by atoms with Crippen molar-refractivity contribution >= 4 is 23.5 Å². The molecule has 6 heteroatoms. The summed E-state index contributed by atoms with van der Waals surface area (Å²) in [6.07, 6.45) is 0.483. The van der Waals surface area contributed by atoms with Crippen LogP contribution in [0, 0.1) is 0 Å². The third kappa shape index (κ3) is 1.97. The van der Waals surface area contributed by atoms with Gasteiger partial charge in [-0.2, -0.15) is 9.97 Å². The second kappa shape index (κ2) is 4.24. The SMILES string of the molecule is Nc1nc(N)c2c(n1)NC(=O)C(c1ccccc1)C2. The summed E-state index contributed by atoms with van der Waals surface area (Å²) in [7, 11) is 0. The van der Waals surface area contributed by atoms with Crippen LogP contribution in [-0.2, 0) is 11.2 Å². The standard InChI is InChI=1S/C13H13N5O/c14-10-9-6-8(7-4-2-1-3-5-7)12(19)17-11(9)18-13(15)16-10/h1-5,8H,6H2,(H5,14,15,16,17,18,19). The second-order valence-electron chi connectivity index (χ2n) is 4.45. The minimum atomic E-state index is -0.275. The quantitative estimate of drug-likeness (QED) is 0.702. The van der Waals surface area contributed by atoms with Crippen molar-refractivity contribution in [3.05, 3.63) is 41.5 Å². The van der Waals surface area contributed by atoms with Gasteiger partial charge < -0.3 is 16.8 Å². The lowest BCUT2D eigenvalue weighted by Gasteiger charge is -2.24. The highest BCUT2D eigenvalue weighted by atomic mass is 16.2. The largest absolute Gasteiger partial charge is 0.383 e. The molecule has 0 fully saturated rings. The van der Waals surface area contributed by atoms with Crippen molar-refractivity contribution in [1.29, 1.82) is 0 Å². The van der Waals surface area contributed by atoms with E-state index in [1.807, 2.05) is 30.3 Å². The summed E-state index contributed by atoms with van der Waals surface area (Å²) in [6, 6.07) is 9.56. The van der Waals surface area contributed by atoms with Crippen LogP contribution < -0.4 is 16.8 Å². The van der Waals surface area contributed by atoms with E-state index in [1.165, 1.54) is 0 Å². The zero-order chi connectivity index (χ0) is 13.4. The maximum atomic E-state index is 12.1. The molecule has 0 bridgehead atoms. The lowest BCUT2D eigenvalue weighted by Crippen LogP contribution is -2.30. The molecule has 0 saturated carbocycles. The van der Waals surface area contributed by atoms with Crippen LogP contribution in [0.4, 0.5) is 17.6 Å². The summed E-state index contributed by atoms with van der Waals surface area (Å²) in [5.41, 5.74) is 13.1. The third-order valence-electron chi connectivity index (χ3n) is 3.22. The minimum absolute atomic E-state index is 0.0645. The van der Waals surface area contributed by atoms with E-state index >= 15 is 0 Å². The number of nitrogen functional groups attached to an aromatic ring is 2. The molecule has 1 unspecified atom stereocenters. The monoisotopic (exact) mass is 255 g/mol. The molecular formula is C13H13N5O. The number of carbonyl (C=O) groups is 1. The van der Waals surface area contributed by atoms with Gasteiger partial charge in [-0.15, -0.1) is 0 Å². The Labute approximate surface area is 109 Å². The number of amides is 1. The van der Waals surface area contributed by atoms with Gasteiger partial charge in [-0.25, -0.2) is 0 Å². The summed E-state index contributed by atoms with van der Waals surface area (Å²) in [5, 5.41) is 2.74. The van der Waals surface area contributed by atoms with E-state index < -0.39 is 0 Å². The highest BCUT2D eigenvalue weighted by Gasteiger charge is 2.30. The lowest BCUT2D eigenvalue weighted by molar-refractivity contribution is -0.117. The average Bonchev–Trinajstić information content (AvgIpc) is 2.38. The van der Waals surface area contributed by atoms with Crippen LogP contribution in [-0.4, -0.2) is 15.9 Å². The normalized spacial score (nSPS) is 17.7. The van der Waals surface area contributed by atoms with Gasteiger partial charge in [-0.1, -0.05) is 30.3 Å². The summed E-state index contributed by atoms with van der Waals surface area (Å²) in [4.78, 5) is 20.1. The molecular weight excluding hydrogens is 242 g/mol. The van der Waals surface area contributed by atoms with E-state index in [1.54, 1.807) is 0 Å². The Morgan fingerprint density at radius 2 is 1.89 bits per heavy atom. The number of anilines is 3. The Morgan fingerprint density at radius 1 is 1.16 bits per heavy atom. The molecule has 0 spiro atoms. The maximum absolute atomic E-state index is 12.1. The lowest BCUT2D eigenvalue weighted by atomic mass is 9.89. The van der Waals surface area contributed by atoms with Crippen molar-refractivity contribution in [3.8, 4) is 0 Å². The fraction of sp³-hybridized carbons (Fsp3) is 0.154. The predicted octanol–water partition coefficient (Wildman–Crippen LogP) is 0.919. The van der Waals surface area contributed by atoms with Crippen molar-refractivity contribution in [1.82, 2.24) is 9.97 Å². The summed E-state index contributed by atoms with van der Waals surface area (Å²) in [5.74, 6) is 0.430. The van der Waals surface area contributed by atoms with E-state index in [-0.39, 0.29) is 17.8 Å². The van der Waals surface area contributed by atoms with Crippen LogP contribution in [0.2, 0.25) is 0 Å². The van der Waals surface area contributed by atoms with E-state index in [0.29, 0.717) is 18.1 Å². The van der Waals surface area contributed by atoms with Gasteiger partial charge in [-0.3, -0.25) is 4.79 Å². The average molecular weight is 255 g/mol. The van der Waals surface area contributed by atoms with Crippen molar-refractivity contribution in [2.24, 2.45) is 0 Å². The molecule has 1 aromatic carbocycles. The molecule has 1 aliphatic heterocycles. The predicted molar refractivity (Wildman–Crippen MR) is 72.4 cm³/mol. The highest BCUT2D eigenvalue weighted by Crippen LogP contribution is 2.33. The van der Waals surface area contributed by atoms with Crippen LogP contribution in [0.1, 0.15) is 17.0 Å². The maximum Gasteiger partial charge on any atom is 0.233 e. The van der Waals surface area contributed by atoms with Crippen molar-refractivity contribution in [3.63, 3.8) is 0 Å². The van der Waals surface area contributed by atoms with E-state index in [9.17, 15) is 4.79 Å². The van der Waals surface area contributed by atoms with Crippen molar-refractivity contribution < 1.29 is 4.79 Å². The zero-order valence-electron chi connectivity index (χ0n) is 10.1. The van der Waals surface area contributed by atoms with Crippen LogP contribution in [0.5, 0.6) is 0 Å². The molecule has 1 amide bonds. The number of hydrogen-bond donors (Lipinski definition) is 3. The topological polar surface area (TPSA) is 107 Å². The van der Waals surface area contributed by atoms with E-state index in [0.717, 1.165) is 11.1 Å². The summed E-state index contributed by atoms with van der Waals surface area (Å²) in [6.45, 7) is 0. The molecule has 0 saturated heterocycles. The van der Waals surface area contributed by atoms with Gasteiger partial charge >= 0.3 is 0 Å². The van der Waals surface area contributed by atoms with Crippen molar-refractivity contribution in [2.45, 2.75) is 12.3 Å². The first-order chi connectivity index (χ1) is 9.15. The Kier molecular flexibility index (Phi) is 2.56. The Hall–Kier alpha value is -2.63. The molecule has 3 rings (SSSR count). The van der Waals surface area contributed by atoms with Gasteiger partial charge in [0.05, 0.1) is 5.92 Å². The van der Waals surface area contributed by atoms with E-state index in [4.69, 9.17) is 11.5 Å². The second-order valence-corrected chi connectivity index (χ2v) is 4.45. The van der Waals surface area contributed by atoms with Gasteiger partial charge in [0.2, 0.25) is 11.9 Å². The van der Waals surface area contributed by atoms with Gasteiger partial charge in [0.1, 0.15) is 11.6 Å². The van der Waals surface area contributed by atoms with Gasteiger partial charge in [-0.05, 0) is 12.0 Å². The Morgan fingerprint density at radius 3 is 2.63 bits per heavy atom. The first kappa shape index (κ1) is 11.5. The Bertz CT molecular complexity index is 641. The minimum Gasteiger partial charge on any atom is -0.383 e. The number of nitrogens with one attached hydrogen (secondary N) is 1. The van der Waals surface area contributed by atoms with Crippen LogP contribution in [0.3, 0.4) is 0 Å². The number of nitrogens with two attached hydrogens (primary N) is 2. The van der Waals surface area contributed by atoms with Crippen molar-refractivity contribution in [2.75, 3.05) is 16.8 Å². The summed E-state index contributed by atoms with van der Waals surface area (Å²) >= 11 is 0. The van der Waals surface area contributed by atoms with E-state index in [2.05, 4.69) is 15.3 Å². The Balaban J connectivity index is 2.03. The molecule has 0 aliphatic carbocycles. The van der Waals surface area contributed by atoms with Crippen LogP contribution in [0.15, 0.2) is 30.3 Å². The zero-order valence-corrected chi connectivity index (χ0v) is 10.1. The molecule has 1 atom stereocenters. The number of benzene rings is 1. The molecule has 1 aromatic heterocycles. The number of aromatic nitrogens is 2. The highest BCUT2D eigenvalue weighted by molar-refractivity contribution is 5.98. The van der Waals surface area contributed by atoms with Crippen LogP contribution in [0.25, 0.3) is 0 Å². The van der Waals surface area contributed by atoms with Gasteiger partial charge in [0, 0.05) is 5.56 Å². The first-order valence-electron chi connectivity index (χ1n) is 5.93. The smallest absolute Gasteiger partial charge is 0.233 e. The molecule has 1 aliphatic rings. The first-order valence-corrected chi connectivity index (χ1v) is 5.93. The molecule has 19 heavy (non-hydrogen) atoms. The molecule has 2 heterocycles. The molecule has 5 N–H and O–H groups in total. The fourth-order valence-electron chi connectivity index (χ4n) is 2.28. The fourth-order valence-corrected chi connectivity index (χ4v) is 2.28. The molecule has 6 nitrogen and oxygen atoms in total. The number of nitrogens with zero attached hydrogens (tertiary/aromatic N) is 2. The number of fused-ring (bicyclic) bond motifs is 1. The van der Waals surface area contributed by atoms with Gasteiger partial charge in [0.15, 0.2) is 0 Å². The number of hydrogen-bond acceptors (Lipinski definition) is 5. The molecule has 0 radical (unpaired) electrons. The summed E-state index contributed by atoms with van der Waals surface area (Å²) < 4.78 is 0. The molecule has 2 aromatic rings. The van der Waals surface area contributed by atoms with Gasteiger partial charge in [0.25, 0.3) is 0 Å². The third-order valence-corrected chi connectivity index (χ3v) is 3.22. The number of rotatable bonds is 1. The molecule has 96 valence electrons.